The molecule has 4 rings (SSSR count). The zero-order chi connectivity index (χ0) is 24.9. The maximum absolute atomic E-state index is 14.5. The minimum absolute atomic E-state index is 0.0244. The van der Waals surface area contributed by atoms with Gasteiger partial charge in [-0.2, -0.15) is 15.5 Å². The molecule has 1 atom stereocenters. The number of fused-ring (bicyclic) bond motifs is 1. The van der Waals surface area contributed by atoms with Crippen LogP contribution in [0.1, 0.15) is 37.1 Å². The van der Waals surface area contributed by atoms with Crippen LogP contribution in [-0.2, 0) is 0 Å². The van der Waals surface area contributed by atoms with Gasteiger partial charge in [-0.15, -0.1) is 0 Å². The highest BCUT2D eigenvalue weighted by Gasteiger charge is 2.21. The van der Waals surface area contributed by atoms with Crippen molar-refractivity contribution in [2.75, 3.05) is 19.7 Å². The smallest absolute Gasteiger partial charge is 0.179 e. The van der Waals surface area contributed by atoms with Gasteiger partial charge in [-0.3, -0.25) is 9.98 Å². The van der Waals surface area contributed by atoms with E-state index in [9.17, 15) is 13.9 Å². The zero-order valence-electron chi connectivity index (χ0n) is 19.0. The summed E-state index contributed by atoms with van der Waals surface area (Å²) in [6.07, 6.45) is 6.04. The molecular formula is C23H24F2N8O2. The highest BCUT2D eigenvalue weighted by atomic mass is 19.1. The normalized spacial score (nSPS) is 16.4. The van der Waals surface area contributed by atoms with Crippen LogP contribution in [0, 0.1) is 23.1 Å². The molecule has 1 fully saturated rings. The fourth-order valence-corrected chi connectivity index (χ4v) is 3.93. The Labute approximate surface area is 200 Å². The molecule has 0 radical (unpaired) electrons. The molecule has 1 aliphatic rings. The van der Waals surface area contributed by atoms with Crippen molar-refractivity contribution in [3.63, 3.8) is 0 Å². The first-order valence-electron chi connectivity index (χ1n) is 11.0. The van der Waals surface area contributed by atoms with Gasteiger partial charge in [0, 0.05) is 24.8 Å². The number of piperidine rings is 1. The van der Waals surface area contributed by atoms with E-state index in [0.717, 1.165) is 25.2 Å². The Bertz CT molecular complexity index is 1290. The summed E-state index contributed by atoms with van der Waals surface area (Å²) < 4.78 is 34.6. The van der Waals surface area contributed by atoms with Crippen LogP contribution in [0.2, 0.25) is 0 Å². The van der Waals surface area contributed by atoms with Crippen LogP contribution >= 0.6 is 0 Å². The molecule has 0 bridgehead atoms. The van der Waals surface area contributed by atoms with Crippen molar-refractivity contribution in [2.24, 2.45) is 15.9 Å². The molecule has 4 heterocycles. The summed E-state index contributed by atoms with van der Waals surface area (Å²) in [7, 11) is 0. The Morgan fingerprint density at radius 3 is 2.77 bits per heavy atom. The topological polar surface area (TPSA) is 137 Å². The Kier molecular flexibility index (Phi) is 7.17. The first kappa shape index (κ1) is 24.0. The van der Waals surface area contributed by atoms with Crippen molar-refractivity contribution in [1.82, 2.24) is 19.5 Å². The number of aliphatic hydroxyl groups is 1. The quantitative estimate of drug-likeness (QED) is 0.228. The summed E-state index contributed by atoms with van der Waals surface area (Å²) in [6, 6.07) is 4.09. The molecule has 10 nitrogen and oxygen atoms in total. The van der Waals surface area contributed by atoms with Crippen LogP contribution in [0.5, 0.6) is 5.75 Å². The zero-order valence-corrected chi connectivity index (χ0v) is 19.0. The Hall–Kier alpha value is -4.11. The van der Waals surface area contributed by atoms with Crippen molar-refractivity contribution in [1.29, 1.82) is 5.26 Å². The highest BCUT2D eigenvalue weighted by Crippen LogP contribution is 2.26. The molecule has 0 spiro atoms. The predicted molar refractivity (Wildman–Crippen MR) is 124 cm³/mol. The SMILES string of the molecule is CC(=NC1CCN(C#N)CC1)/C(=N\N)c1cc(OCC(O)c2ccc(F)cn2)c2c(F)cnn2c1. The molecule has 182 valence electrons. The first-order valence-corrected chi connectivity index (χ1v) is 11.0. The van der Waals surface area contributed by atoms with E-state index >= 15 is 0 Å². The van der Waals surface area contributed by atoms with E-state index in [-0.39, 0.29) is 29.6 Å². The minimum Gasteiger partial charge on any atom is -0.488 e. The third-order valence-corrected chi connectivity index (χ3v) is 5.75. The summed E-state index contributed by atoms with van der Waals surface area (Å²) in [5.74, 6) is 4.66. The molecule has 1 unspecified atom stereocenters. The summed E-state index contributed by atoms with van der Waals surface area (Å²) >= 11 is 0. The number of hydrazone groups is 1. The number of nitrogens with zero attached hydrogens (tertiary/aromatic N) is 7. The molecule has 0 saturated carbocycles. The maximum Gasteiger partial charge on any atom is 0.179 e. The number of pyridine rings is 2. The van der Waals surface area contributed by atoms with E-state index in [1.807, 2.05) is 0 Å². The highest BCUT2D eigenvalue weighted by molar-refractivity contribution is 6.47. The molecule has 0 aliphatic carbocycles. The fourth-order valence-electron chi connectivity index (χ4n) is 3.93. The standard InChI is InChI=1S/C23H24F2N8O2/c1-14(30-17-4-6-32(13-26)7-5-17)22(31-27)15-8-21(23-18(25)10-29-33(23)11-15)35-12-20(34)19-3-2-16(24)9-28-19/h2-3,8-11,17,20,34H,4-7,12,27H2,1H3/b30-14?,31-22+. The second-order valence-electron chi connectivity index (χ2n) is 8.12. The number of halogens is 2. The fraction of sp³-hybridized carbons (Fsp3) is 0.348. The predicted octanol–water partition coefficient (Wildman–Crippen LogP) is 2.19. The summed E-state index contributed by atoms with van der Waals surface area (Å²) in [5, 5.41) is 27.3. The van der Waals surface area contributed by atoms with Crippen LogP contribution in [0.3, 0.4) is 0 Å². The number of hydrogen-bond donors (Lipinski definition) is 2. The number of aromatic nitrogens is 3. The molecule has 0 amide bonds. The number of hydrogen-bond acceptors (Lipinski definition) is 9. The van der Waals surface area contributed by atoms with Gasteiger partial charge in [-0.05, 0) is 38.0 Å². The van der Waals surface area contributed by atoms with Gasteiger partial charge in [0.05, 0.1) is 29.8 Å². The van der Waals surface area contributed by atoms with Gasteiger partial charge in [-0.25, -0.2) is 13.3 Å². The largest absolute Gasteiger partial charge is 0.488 e. The van der Waals surface area contributed by atoms with Crippen molar-refractivity contribution in [2.45, 2.75) is 31.9 Å². The molecule has 3 aromatic heterocycles. The number of nitriles is 1. The number of ether oxygens (including phenoxy) is 1. The Morgan fingerprint density at radius 2 is 2.11 bits per heavy atom. The molecule has 1 aliphatic heterocycles. The van der Waals surface area contributed by atoms with E-state index in [2.05, 4.69) is 21.4 Å². The van der Waals surface area contributed by atoms with E-state index < -0.39 is 17.7 Å². The second-order valence-corrected chi connectivity index (χ2v) is 8.12. The van der Waals surface area contributed by atoms with Crippen LogP contribution in [0.15, 0.2) is 46.9 Å². The number of nitrogens with two attached hydrogens (primary N) is 1. The maximum atomic E-state index is 14.5. The van der Waals surface area contributed by atoms with Crippen LogP contribution < -0.4 is 10.6 Å². The first-order chi connectivity index (χ1) is 16.9. The third kappa shape index (κ3) is 5.36. The lowest BCUT2D eigenvalue weighted by Crippen LogP contribution is -2.32. The molecular weight excluding hydrogens is 458 g/mol. The molecule has 3 N–H and O–H groups in total. The van der Waals surface area contributed by atoms with Crippen molar-refractivity contribution in [3.05, 3.63) is 59.7 Å². The Morgan fingerprint density at radius 1 is 1.34 bits per heavy atom. The molecule has 0 aromatic carbocycles. The molecule has 35 heavy (non-hydrogen) atoms. The number of likely N-dealkylation sites (tertiary alicyclic amines) is 1. The summed E-state index contributed by atoms with van der Waals surface area (Å²) in [5.41, 5.74) is 1.72. The van der Waals surface area contributed by atoms with Gasteiger partial charge >= 0.3 is 0 Å². The van der Waals surface area contributed by atoms with Gasteiger partial charge in [0.15, 0.2) is 12.0 Å². The van der Waals surface area contributed by atoms with Gasteiger partial charge < -0.3 is 20.6 Å². The van der Waals surface area contributed by atoms with Gasteiger partial charge in [0.1, 0.15) is 35.5 Å². The van der Waals surface area contributed by atoms with Crippen molar-refractivity contribution >= 4 is 16.9 Å². The lowest BCUT2D eigenvalue weighted by Gasteiger charge is -2.26. The monoisotopic (exact) mass is 482 g/mol. The lowest BCUT2D eigenvalue weighted by atomic mass is 10.0. The van der Waals surface area contributed by atoms with Gasteiger partial charge in [0.25, 0.3) is 0 Å². The molecule has 12 heteroatoms. The Balaban J connectivity index is 1.59. The van der Waals surface area contributed by atoms with Gasteiger partial charge in [-0.1, -0.05) is 0 Å². The molecule has 1 saturated heterocycles. The minimum atomic E-state index is -1.17. The number of aliphatic imine (C=N–C) groups is 1. The number of aliphatic hydroxyl groups excluding tert-OH is 1. The third-order valence-electron chi connectivity index (χ3n) is 5.75. The summed E-state index contributed by atoms with van der Waals surface area (Å²) in [6.45, 7) is 2.78. The van der Waals surface area contributed by atoms with Gasteiger partial charge in [0.2, 0.25) is 0 Å². The van der Waals surface area contributed by atoms with E-state index in [0.29, 0.717) is 30.1 Å². The van der Waals surface area contributed by atoms with E-state index in [4.69, 9.17) is 20.8 Å². The lowest BCUT2D eigenvalue weighted by molar-refractivity contribution is 0.105. The van der Waals surface area contributed by atoms with E-state index in [1.54, 1.807) is 24.1 Å². The van der Waals surface area contributed by atoms with Crippen molar-refractivity contribution in [3.8, 4) is 11.9 Å². The van der Waals surface area contributed by atoms with Crippen LogP contribution in [0.25, 0.3) is 5.52 Å². The van der Waals surface area contributed by atoms with Crippen LogP contribution in [-0.4, -0.2) is 61.8 Å². The van der Waals surface area contributed by atoms with E-state index in [1.165, 1.54) is 16.6 Å². The average molecular weight is 482 g/mol. The number of rotatable bonds is 7. The molecule has 3 aromatic rings. The van der Waals surface area contributed by atoms with Crippen molar-refractivity contribution < 1.29 is 18.6 Å². The summed E-state index contributed by atoms with van der Waals surface area (Å²) in [4.78, 5) is 10.3. The average Bonchev–Trinajstić information content (AvgIpc) is 3.24. The van der Waals surface area contributed by atoms with Crippen LogP contribution in [0.4, 0.5) is 8.78 Å². The second kappa shape index (κ2) is 10.4.